The molecule has 0 radical (unpaired) electrons. The minimum absolute atomic E-state index is 0.0677. The van der Waals surface area contributed by atoms with Gasteiger partial charge in [-0.05, 0) is 58.0 Å². The van der Waals surface area contributed by atoms with Crippen LogP contribution in [0.4, 0.5) is 5.82 Å². The Labute approximate surface area is 120 Å². The van der Waals surface area contributed by atoms with Gasteiger partial charge in [0.05, 0.1) is 5.56 Å². The van der Waals surface area contributed by atoms with Crippen LogP contribution >= 0.6 is 0 Å². The first-order valence-corrected chi connectivity index (χ1v) is 7.35. The second kappa shape index (κ2) is 7.24. The first-order chi connectivity index (χ1) is 9.69. The van der Waals surface area contributed by atoms with Crippen LogP contribution in [0.5, 0.6) is 0 Å². The van der Waals surface area contributed by atoms with Crippen molar-refractivity contribution in [1.82, 2.24) is 15.2 Å². The van der Waals surface area contributed by atoms with Crippen LogP contribution in [0.2, 0.25) is 0 Å². The standard InChI is InChI=1S/C15H24N4O/c1-3-16-15(20)13-4-5-14(18-11-13)17-10-12-6-8-19(2)9-7-12/h4-5,11-12H,3,6-10H2,1-2H3,(H,16,20)(H,17,18). The second-order valence-electron chi connectivity index (χ2n) is 5.42. The van der Waals surface area contributed by atoms with Crippen molar-refractivity contribution < 1.29 is 4.79 Å². The number of nitrogens with one attached hydrogen (secondary N) is 2. The van der Waals surface area contributed by atoms with E-state index in [2.05, 4.69) is 27.6 Å². The number of hydrogen-bond acceptors (Lipinski definition) is 4. The van der Waals surface area contributed by atoms with E-state index in [0.29, 0.717) is 12.1 Å². The smallest absolute Gasteiger partial charge is 0.252 e. The fraction of sp³-hybridized carbons (Fsp3) is 0.600. The molecule has 0 aliphatic carbocycles. The monoisotopic (exact) mass is 276 g/mol. The summed E-state index contributed by atoms with van der Waals surface area (Å²) in [4.78, 5) is 18.3. The Morgan fingerprint density at radius 1 is 1.40 bits per heavy atom. The van der Waals surface area contributed by atoms with Gasteiger partial charge in [-0.2, -0.15) is 0 Å². The van der Waals surface area contributed by atoms with Gasteiger partial charge in [0.1, 0.15) is 5.82 Å². The van der Waals surface area contributed by atoms with Crippen molar-refractivity contribution in [3.8, 4) is 0 Å². The molecule has 2 heterocycles. The molecule has 0 saturated carbocycles. The van der Waals surface area contributed by atoms with Gasteiger partial charge in [-0.1, -0.05) is 0 Å². The maximum absolute atomic E-state index is 11.6. The van der Waals surface area contributed by atoms with Crippen molar-refractivity contribution in [2.24, 2.45) is 5.92 Å². The summed E-state index contributed by atoms with van der Waals surface area (Å²) in [5.41, 5.74) is 0.608. The van der Waals surface area contributed by atoms with Crippen LogP contribution in [-0.4, -0.2) is 49.0 Å². The Bertz CT molecular complexity index is 424. The van der Waals surface area contributed by atoms with E-state index in [1.807, 2.05) is 19.1 Å². The Kier molecular flexibility index (Phi) is 5.35. The number of hydrogen-bond donors (Lipinski definition) is 2. The largest absolute Gasteiger partial charge is 0.370 e. The summed E-state index contributed by atoms with van der Waals surface area (Å²) < 4.78 is 0. The number of aromatic nitrogens is 1. The fourth-order valence-corrected chi connectivity index (χ4v) is 2.41. The predicted octanol–water partition coefficient (Wildman–Crippen LogP) is 1.58. The number of carbonyl (C=O) groups is 1. The molecule has 1 aliphatic heterocycles. The number of amides is 1. The quantitative estimate of drug-likeness (QED) is 0.857. The fourth-order valence-electron chi connectivity index (χ4n) is 2.41. The van der Waals surface area contributed by atoms with E-state index in [9.17, 15) is 4.79 Å². The van der Waals surface area contributed by atoms with Crippen LogP contribution in [0, 0.1) is 5.92 Å². The first-order valence-electron chi connectivity index (χ1n) is 7.35. The molecule has 2 N–H and O–H groups in total. The zero-order valence-corrected chi connectivity index (χ0v) is 12.4. The van der Waals surface area contributed by atoms with Crippen molar-refractivity contribution in [3.05, 3.63) is 23.9 Å². The van der Waals surface area contributed by atoms with Crippen molar-refractivity contribution in [3.63, 3.8) is 0 Å². The molecule has 1 aliphatic rings. The normalized spacial score (nSPS) is 16.9. The molecule has 0 unspecified atom stereocenters. The van der Waals surface area contributed by atoms with Crippen LogP contribution in [0.1, 0.15) is 30.1 Å². The first kappa shape index (κ1) is 14.8. The van der Waals surface area contributed by atoms with Crippen molar-refractivity contribution >= 4 is 11.7 Å². The Morgan fingerprint density at radius 2 is 2.15 bits per heavy atom. The second-order valence-corrected chi connectivity index (χ2v) is 5.42. The Balaban J connectivity index is 1.80. The molecule has 0 bridgehead atoms. The lowest BCUT2D eigenvalue weighted by atomic mass is 9.97. The third-order valence-corrected chi connectivity index (χ3v) is 3.77. The Morgan fingerprint density at radius 3 is 2.75 bits per heavy atom. The Hall–Kier alpha value is -1.62. The highest BCUT2D eigenvalue weighted by molar-refractivity contribution is 5.93. The molecule has 1 aromatic heterocycles. The number of rotatable bonds is 5. The summed E-state index contributed by atoms with van der Waals surface area (Å²) in [7, 11) is 2.17. The van der Waals surface area contributed by atoms with Crippen LogP contribution in [0.25, 0.3) is 0 Å². The molecule has 1 amide bonds. The maximum atomic E-state index is 11.6. The minimum Gasteiger partial charge on any atom is -0.370 e. The molecule has 110 valence electrons. The molecular weight excluding hydrogens is 252 g/mol. The van der Waals surface area contributed by atoms with Gasteiger partial charge >= 0.3 is 0 Å². The number of likely N-dealkylation sites (tertiary alicyclic amines) is 1. The van der Waals surface area contributed by atoms with Gasteiger partial charge in [0.15, 0.2) is 0 Å². The van der Waals surface area contributed by atoms with E-state index < -0.39 is 0 Å². The molecule has 1 aromatic rings. The molecule has 20 heavy (non-hydrogen) atoms. The highest BCUT2D eigenvalue weighted by Crippen LogP contribution is 2.16. The van der Waals surface area contributed by atoms with Gasteiger partial charge in [0.2, 0.25) is 0 Å². The van der Waals surface area contributed by atoms with Crippen molar-refractivity contribution in [1.29, 1.82) is 0 Å². The van der Waals surface area contributed by atoms with Gasteiger partial charge in [-0.3, -0.25) is 4.79 Å². The molecule has 1 fully saturated rings. The van der Waals surface area contributed by atoms with Crippen molar-refractivity contribution in [2.75, 3.05) is 38.5 Å². The summed E-state index contributed by atoms with van der Waals surface area (Å²) >= 11 is 0. The number of nitrogens with zero attached hydrogens (tertiary/aromatic N) is 2. The van der Waals surface area contributed by atoms with Gasteiger partial charge in [-0.15, -0.1) is 0 Å². The molecule has 5 nitrogen and oxygen atoms in total. The third kappa shape index (κ3) is 4.20. The van der Waals surface area contributed by atoms with Gasteiger partial charge < -0.3 is 15.5 Å². The van der Waals surface area contributed by atoms with E-state index in [-0.39, 0.29) is 5.91 Å². The maximum Gasteiger partial charge on any atom is 0.252 e. The van der Waals surface area contributed by atoms with E-state index >= 15 is 0 Å². The number of carbonyl (C=O) groups excluding carboxylic acids is 1. The summed E-state index contributed by atoms with van der Waals surface area (Å²) in [5.74, 6) is 1.50. The average Bonchev–Trinajstić information content (AvgIpc) is 2.47. The van der Waals surface area contributed by atoms with Gasteiger partial charge in [0.25, 0.3) is 5.91 Å². The van der Waals surface area contributed by atoms with Crippen LogP contribution in [0.15, 0.2) is 18.3 Å². The van der Waals surface area contributed by atoms with Gasteiger partial charge in [0, 0.05) is 19.3 Å². The number of pyridine rings is 1. The molecule has 2 rings (SSSR count). The lowest BCUT2D eigenvalue weighted by Gasteiger charge is -2.29. The highest BCUT2D eigenvalue weighted by Gasteiger charge is 2.16. The minimum atomic E-state index is -0.0677. The van der Waals surface area contributed by atoms with Crippen LogP contribution in [-0.2, 0) is 0 Å². The average molecular weight is 276 g/mol. The summed E-state index contributed by atoms with van der Waals surface area (Å²) in [6.45, 7) is 5.85. The molecule has 5 heteroatoms. The lowest BCUT2D eigenvalue weighted by molar-refractivity contribution is 0.0955. The van der Waals surface area contributed by atoms with E-state index in [1.165, 1.54) is 25.9 Å². The number of piperidine rings is 1. The molecule has 0 aromatic carbocycles. The third-order valence-electron chi connectivity index (χ3n) is 3.77. The molecule has 0 atom stereocenters. The number of anilines is 1. The molecule has 1 saturated heterocycles. The summed E-state index contributed by atoms with van der Waals surface area (Å²) in [6, 6.07) is 3.69. The van der Waals surface area contributed by atoms with E-state index in [0.717, 1.165) is 18.3 Å². The molecular formula is C15H24N4O. The van der Waals surface area contributed by atoms with Crippen molar-refractivity contribution in [2.45, 2.75) is 19.8 Å². The van der Waals surface area contributed by atoms with Crippen LogP contribution < -0.4 is 10.6 Å². The van der Waals surface area contributed by atoms with E-state index in [1.54, 1.807) is 6.20 Å². The zero-order valence-electron chi connectivity index (χ0n) is 12.4. The lowest BCUT2D eigenvalue weighted by Crippen LogP contribution is -2.33. The highest BCUT2D eigenvalue weighted by atomic mass is 16.1. The van der Waals surface area contributed by atoms with E-state index in [4.69, 9.17) is 0 Å². The topological polar surface area (TPSA) is 57.3 Å². The molecule has 0 spiro atoms. The van der Waals surface area contributed by atoms with Gasteiger partial charge in [-0.25, -0.2) is 4.98 Å². The predicted molar refractivity (Wildman–Crippen MR) is 81.0 cm³/mol. The summed E-state index contributed by atoms with van der Waals surface area (Å²) in [6.07, 6.45) is 4.10. The zero-order chi connectivity index (χ0) is 14.4. The van der Waals surface area contributed by atoms with Crippen LogP contribution in [0.3, 0.4) is 0 Å². The SMILES string of the molecule is CCNC(=O)c1ccc(NCC2CCN(C)CC2)nc1. The summed E-state index contributed by atoms with van der Waals surface area (Å²) in [5, 5.41) is 6.13.